The van der Waals surface area contributed by atoms with Crippen molar-refractivity contribution in [3.8, 4) is 0 Å². The molecular weight excluding hydrogens is 355 g/mol. The molecule has 0 bridgehead atoms. The van der Waals surface area contributed by atoms with Gasteiger partial charge < -0.3 is 0 Å². The Morgan fingerprint density at radius 2 is 1.80 bits per heavy atom. The summed E-state index contributed by atoms with van der Waals surface area (Å²) in [4.78, 5) is 0. The Morgan fingerprint density at radius 1 is 1.10 bits per heavy atom. The molecule has 2 aromatic carbocycles. The van der Waals surface area contributed by atoms with Gasteiger partial charge in [-0.1, -0.05) is 70.9 Å². The summed E-state index contributed by atoms with van der Waals surface area (Å²) in [5.74, 6) is 0.583. The van der Waals surface area contributed by atoms with Gasteiger partial charge in [-0.25, -0.2) is 0 Å². The smallest absolute Gasteiger partial charge is 0.0449 e. The van der Waals surface area contributed by atoms with Crippen molar-refractivity contribution < 1.29 is 0 Å². The molecule has 3 heteroatoms. The summed E-state index contributed by atoms with van der Waals surface area (Å²) in [7, 11) is 0. The number of hydrogen-bond acceptors (Lipinski definition) is 0. The molecule has 0 aliphatic rings. The second kappa shape index (κ2) is 6.98. The maximum Gasteiger partial charge on any atom is 0.0449 e. The van der Waals surface area contributed by atoms with Crippen LogP contribution >= 0.6 is 39.1 Å². The van der Waals surface area contributed by atoms with Crippen LogP contribution in [0.1, 0.15) is 24.5 Å². The lowest BCUT2D eigenvalue weighted by molar-refractivity contribution is 0.458. The third kappa shape index (κ3) is 3.39. The van der Waals surface area contributed by atoms with Gasteiger partial charge in [0.05, 0.1) is 0 Å². The third-order valence-electron chi connectivity index (χ3n) is 3.86. The van der Waals surface area contributed by atoms with E-state index >= 15 is 0 Å². The van der Waals surface area contributed by atoms with Crippen LogP contribution in [0.2, 0.25) is 5.02 Å². The van der Waals surface area contributed by atoms with Crippen LogP contribution in [0.25, 0.3) is 0 Å². The Kier molecular flexibility index (Phi) is 5.54. The lowest BCUT2D eigenvalue weighted by Crippen LogP contribution is -2.30. The lowest BCUT2D eigenvalue weighted by Gasteiger charge is -2.32. The van der Waals surface area contributed by atoms with Gasteiger partial charge in [0, 0.05) is 20.8 Å². The first-order chi connectivity index (χ1) is 9.61. The largest absolute Gasteiger partial charge is 0.126 e. The summed E-state index contributed by atoms with van der Waals surface area (Å²) < 4.78 is 0.999. The monoisotopic (exact) mass is 370 g/mol. The van der Waals surface area contributed by atoms with Gasteiger partial charge in [0.2, 0.25) is 0 Å². The Labute approximate surface area is 139 Å². The number of alkyl halides is 1. The van der Waals surface area contributed by atoms with Gasteiger partial charge in [0.1, 0.15) is 0 Å². The summed E-state index contributed by atoms with van der Waals surface area (Å²) in [6, 6.07) is 16.5. The van der Waals surface area contributed by atoms with E-state index in [1.165, 1.54) is 5.56 Å². The van der Waals surface area contributed by atoms with Gasteiger partial charge in [-0.3, -0.25) is 0 Å². The van der Waals surface area contributed by atoms with E-state index in [2.05, 4.69) is 53.2 Å². The SMILES string of the molecule is CCC(CCl)(Cc1ccc(Br)cc1Cl)c1ccccc1. The summed E-state index contributed by atoms with van der Waals surface area (Å²) in [5, 5.41) is 0.790. The van der Waals surface area contributed by atoms with Crippen LogP contribution in [0.15, 0.2) is 53.0 Å². The maximum atomic E-state index is 6.36. The third-order valence-corrected chi connectivity index (χ3v) is 5.22. The van der Waals surface area contributed by atoms with E-state index in [1.54, 1.807) is 0 Å². The van der Waals surface area contributed by atoms with Crippen molar-refractivity contribution in [2.75, 3.05) is 5.88 Å². The molecule has 0 amide bonds. The molecule has 0 fully saturated rings. The molecule has 0 aliphatic heterocycles. The molecule has 20 heavy (non-hydrogen) atoms. The lowest BCUT2D eigenvalue weighted by atomic mass is 9.75. The summed E-state index contributed by atoms with van der Waals surface area (Å²) in [5.41, 5.74) is 2.35. The fraction of sp³-hybridized carbons (Fsp3) is 0.294. The van der Waals surface area contributed by atoms with Gasteiger partial charge in [0.15, 0.2) is 0 Å². The molecule has 2 rings (SSSR count). The molecule has 2 aromatic rings. The van der Waals surface area contributed by atoms with Gasteiger partial charge in [-0.2, -0.15) is 0 Å². The molecule has 1 atom stereocenters. The highest BCUT2D eigenvalue weighted by molar-refractivity contribution is 9.10. The van der Waals surface area contributed by atoms with Gasteiger partial charge in [-0.05, 0) is 36.1 Å². The van der Waals surface area contributed by atoms with Crippen molar-refractivity contribution in [3.63, 3.8) is 0 Å². The van der Waals surface area contributed by atoms with Crippen molar-refractivity contribution in [3.05, 3.63) is 69.2 Å². The Bertz CT molecular complexity index is 562. The van der Waals surface area contributed by atoms with Crippen LogP contribution in [0.4, 0.5) is 0 Å². The number of benzene rings is 2. The standard InChI is InChI=1S/C17H17BrCl2/c1-2-17(12-19,14-6-4-3-5-7-14)11-13-8-9-15(18)10-16(13)20/h3-10H,2,11-12H2,1H3. The zero-order valence-corrected chi connectivity index (χ0v) is 14.5. The highest BCUT2D eigenvalue weighted by Gasteiger charge is 2.30. The summed E-state index contributed by atoms with van der Waals surface area (Å²) >= 11 is 16.1. The highest BCUT2D eigenvalue weighted by Crippen LogP contribution is 2.35. The van der Waals surface area contributed by atoms with E-state index in [4.69, 9.17) is 23.2 Å². The zero-order chi connectivity index (χ0) is 14.6. The average molecular weight is 372 g/mol. The van der Waals surface area contributed by atoms with Crippen LogP contribution in [-0.2, 0) is 11.8 Å². The van der Waals surface area contributed by atoms with Crippen LogP contribution < -0.4 is 0 Å². The van der Waals surface area contributed by atoms with E-state index in [1.807, 2.05) is 18.2 Å². The minimum Gasteiger partial charge on any atom is -0.126 e. The predicted molar refractivity (Wildman–Crippen MR) is 92.0 cm³/mol. The minimum absolute atomic E-state index is 0.0692. The maximum absolute atomic E-state index is 6.36. The Morgan fingerprint density at radius 3 is 2.35 bits per heavy atom. The molecule has 0 spiro atoms. The minimum atomic E-state index is -0.0692. The fourth-order valence-corrected chi connectivity index (χ4v) is 3.65. The second-order valence-electron chi connectivity index (χ2n) is 5.05. The Hall–Kier alpha value is -0.500. The summed E-state index contributed by atoms with van der Waals surface area (Å²) in [6.45, 7) is 2.18. The average Bonchev–Trinajstić information content (AvgIpc) is 2.48. The van der Waals surface area contributed by atoms with Crippen molar-refractivity contribution in [2.24, 2.45) is 0 Å². The molecule has 0 aromatic heterocycles. The van der Waals surface area contributed by atoms with Crippen molar-refractivity contribution in [1.82, 2.24) is 0 Å². The Balaban J connectivity index is 2.39. The van der Waals surface area contributed by atoms with E-state index in [-0.39, 0.29) is 5.41 Å². The quantitative estimate of drug-likeness (QED) is 0.546. The van der Waals surface area contributed by atoms with E-state index in [0.29, 0.717) is 5.88 Å². The first-order valence-electron chi connectivity index (χ1n) is 6.67. The normalized spacial score (nSPS) is 14.0. The first-order valence-corrected chi connectivity index (χ1v) is 8.37. The van der Waals surface area contributed by atoms with E-state index in [9.17, 15) is 0 Å². The first kappa shape index (κ1) is 15.9. The molecule has 0 N–H and O–H groups in total. The van der Waals surface area contributed by atoms with Crippen LogP contribution in [-0.4, -0.2) is 5.88 Å². The van der Waals surface area contributed by atoms with E-state index in [0.717, 1.165) is 27.9 Å². The molecule has 0 radical (unpaired) electrons. The molecule has 0 heterocycles. The molecule has 0 nitrogen and oxygen atoms in total. The molecule has 0 saturated heterocycles. The second-order valence-corrected chi connectivity index (χ2v) is 6.64. The predicted octanol–water partition coefficient (Wildman–Crippen LogP) is 6.23. The highest BCUT2D eigenvalue weighted by atomic mass is 79.9. The van der Waals surface area contributed by atoms with Crippen LogP contribution in [0, 0.1) is 0 Å². The number of halogens is 3. The van der Waals surface area contributed by atoms with Gasteiger partial charge in [0.25, 0.3) is 0 Å². The summed E-state index contributed by atoms with van der Waals surface area (Å²) in [6.07, 6.45) is 1.83. The van der Waals surface area contributed by atoms with Gasteiger partial charge >= 0.3 is 0 Å². The van der Waals surface area contributed by atoms with Crippen molar-refractivity contribution in [2.45, 2.75) is 25.2 Å². The molecule has 1 unspecified atom stereocenters. The van der Waals surface area contributed by atoms with Crippen molar-refractivity contribution >= 4 is 39.1 Å². The molecule has 106 valence electrons. The fourth-order valence-electron chi connectivity index (χ4n) is 2.47. The topological polar surface area (TPSA) is 0 Å². The van der Waals surface area contributed by atoms with Crippen LogP contribution in [0.3, 0.4) is 0 Å². The van der Waals surface area contributed by atoms with Crippen molar-refractivity contribution in [1.29, 1.82) is 0 Å². The molecular formula is C17H17BrCl2. The zero-order valence-electron chi connectivity index (χ0n) is 11.4. The van der Waals surface area contributed by atoms with Crippen LogP contribution in [0.5, 0.6) is 0 Å². The molecule has 0 saturated carbocycles. The van der Waals surface area contributed by atoms with E-state index < -0.39 is 0 Å². The molecule has 0 aliphatic carbocycles. The number of rotatable bonds is 5. The number of hydrogen-bond donors (Lipinski definition) is 0. The van der Waals surface area contributed by atoms with Gasteiger partial charge in [-0.15, -0.1) is 11.6 Å².